The molecular formula is C11H14ClNO2. The fourth-order valence-corrected chi connectivity index (χ4v) is 1.73. The van der Waals surface area contributed by atoms with Gasteiger partial charge in [0.15, 0.2) is 0 Å². The van der Waals surface area contributed by atoms with Gasteiger partial charge in [-0.25, -0.2) is 0 Å². The molecule has 0 saturated carbocycles. The van der Waals surface area contributed by atoms with E-state index < -0.39 is 0 Å². The Kier molecular flexibility index (Phi) is 4.12. The van der Waals surface area contributed by atoms with Crippen molar-refractivity contribution in [3.8, 4) is 5.75 Å². The van der Waals surface area contributed by atoms with Gasteiger partial charge < -0.3 is 10.4 Å². The second kappa shape index (κ2) is 5.14. The number of rotatable bonds is 1. The monoisotopic (exact) mass is 227 g/mol. The second-order valence-corrected chi connectivity index (χ2v) is 3.59. The third kappa shape index (κ3) is 2.94. The average molecular weight is 228 g/mol. The number of ketones is 1. The fourth-order valence-electron chi connectivity index (χ4n) is 1.73. The van der Waals surface area contributed by atoms with Gasteiger partial charge in [0.2, 0.25) is 0 Å². The Morgan fingerprint density at radius 1 is 1.27 bits per heavy atom. The number of benzene rings is 1. The molecule has 0 spiro atoms. The number of hydrogen-bond donors (Lipinski definition) is 2. The zero-order chi connectivity index (χ0) is 9.97. The predicted molar refractivity (Wildman–Crippen MR) is 60.3 cm³/mol. The van der Waals surface area contributed by atoms with E-state index in [2.05, 4.69) is 5.32 Å². The van der Waals surface area contributed by atoms with Crippen molar-refractivity contribution in [2.24, 2.45) is 0 Å². The molecule has 1 heterocycles. The van der Waals surface area contributed by atoms with E-state index in [1.807, 2.05) is 12.1 Å². The maximum Gasteiger partial charge on any atom is 0.136 e. The van der Waals surface area contributed by atoms with Gasteiger partial charge in [-0.1, -0.05) is 12.1 Å². The molecular weight excluding hydrogens is 214 g/mol. The first-order chi connectivity index (χ1) is 6.75. The molecule has 0 radical (unpaired) electrons. The van der Waals surface area contributed by atoms with Crippen LogP contribution in [0.3, 0.4) is 0 Å². The number of halogens is 1. The van der Waals surface area contributed by atoms with Crippen LogP contribution < -0.4 is 5.32 Å². The summed E-state index contributed by atoms with van der Waals surface area (Å²) in [5.74, 6) is 0.567. The molecule has 1 unspecified atom stereocenters. The SMILES string of the molecule is Cl.O=C1CCNC(c2ccc(O)cc2)C1. The molecule has 15 heavy (non-hydrogen) atoms. The zero-order valence-corrected chi connectivity index (χ0v) is 9.09. The predicted octanol–water partition coefficient (Wildman–Crippen LogP) is 1.81. The molecule has 0 aliphatic carbocycles. The van der Waals surface area contributed by atoms with Crippen LogP contribution >= 0.6 is 12.4 Å². The zero-order valence-electron chi connectivity index (χ0n) is 8.27. The summed E-state index contributed by atoms with van der Waals surface area (Å²) in [6.07, 6.45) is 1.19. The van der Waals surface area contributed by atoms with Crippen LogP contribution in [-0.2, 0) is 4.79 Å². The Morgan fingerprint density at radius 3 is 2.53 bits per heavy atom. The summed E-state index contributed by atoms with van der Waals surface area (Å²) in [4.78, 5) is 11.2. The smallest absolute Gasteiger partial charge is 0.136 e. The van der Waals surface area contributed by atoms with Gasteiger partial charge in [-0.2, -0.15) is 0 Å². The van der Waals surface area contributed by atoms with Crippen LogP contribution in [0, 0.1) is 0 Å². The third-order valence-electron chi connectivity index (χ3n) is 2.52. The number of nitrogens with one attached hydrogen (secondary N) is 1. The van der Waals surface area contributed by atoms with Crippen LogP contribution in [0.25, 0.3) is 0 Å². The Bertz CT molecular complexity index is 337. The van der Waals surface area contributed by atoms with Gasteiger partial charge in [0.05, 0.1) is 0 Å². The Labute approximate surface area is 94.9 Å². The minimum atomic E-state index is 0. The quantitative estimate of drug-likeness (QED) is 0.769. The third-order valence-corrected chi connectivity index (χ3v) is 2.52. The molecule has 3 nitrogen and oxygen atoms in total. The maximum atomic E-state index is 11.2. The Hall–Kier alpha value is -1.06. The number of piperidine rings is 1. The van der Waals surface area contributed by atoms with Crippen LogP contribution in [0.5, 0.6) is 5.75 Å². The van der Waals surface area contributed by atoms with Gasteiger partial charge in [0.1, 0.15) is 11.5 Å². The topological polar surface area (TPSA) is 49.3 Å². The molecule has 0 aromatic heterocycles. The molecule has 1 aromatic carbocycles. The number of carbonyl (C=O) groups is 1. The molecule has 2 N–H and O–H groups in total. The van der Waals surface area contributed by atoms with Crippen molar-refractivity contribution >= 4 is 18.2 Å². The van der Waals surface area contributed by atoms with Crippen LogP contribution in [0.1, 0.15) is 24.4 Å². The molecule has 2 rings (SSSR count). The molecule has 4 heteroatoms. The number of Topliss-reactive ketones (excluding diaryl/α,β-unsaturated/α-hetero) is 1. The van der Waals surface area contributed by atoms with Crippen molar-refractivity contribution in [1.82, 2.24) is 5.32 Å². The van der Waals surface area contributed by atoms with E-state index in [4.69, 9.17) is 5.11 Å². The minimum absolute atomic E-state index is 0. The van der Waals surface area contributed by atoms with E-state index >= 15 is 0 Å². The highest BCUT2D eigenvalue weighted by molar-refractivity contribution is 5.85. The van der Waals surface area contributed by atoms with E-state index in [0.29, 0.717) is 18.6 Å². The van der Waals surface area contributed by atoms with Gasteiger partial charge in [-0.15, -0.1) is 12.4 Å². The van der Waals surface area contributed by atoms with Crippen molar-refractivity contribution in [1.29, 1.82) is 0 Å². The number of carbonyl (C=O) groups excluding carboxylic acids is 1. The van der Waals surface area contributed by atoms with Crippen LogP contribution in [0.15, 0.2) is 24.3 Å². The Morgan fingerprint density at radius 2 is 1.93 bits per heavy atom. The van der Waals surface area contributed by atoms with Crippen LogP contribution in [-0.4, -0.2) is 17.4 Å². The molecule has 1 fully saturated rings. The van der Waals surface area contributed by atoms with Crippen molar-refractivity contribution in [2.75, 3.05) is 6.54 Å². The first kappa shape index (κ1) is 12.0. The van der Waals surface area contributed by atoms with Gasteiger partial charge in [-0.3, -0.25) is 4.79 Å². The molecule has 1 aliphatic heterocycles. The van der Waals surface area contributed by atoms with E-state index in [0.717, 1.165) is 12.1 Å². The molecule has 1 aromatic rings. The molecule has 0 amide bonds. The summed E-state index contributed by atoms with van der Waals surface area (Å²) in [6.45, 7) is 0.754. The lowest BCUT2D eigenvalue weighted by molar-refractivity contribution is -0.120. The van der Waals surface area contributed by atoms with Crippen molar-refractivity contribution < 1.29 is 9.90 Å². The Balaban J connectivity index is 0.00000112. The fraction of sp³-hybridized carbons (Fsp3) is 0.364. The second-order valence-electron chi connectivity index (χ2n) is 3.59. The van der Waals surface area contributed by atoms with E-state index in [1.165, 1.54) is 0 Å². The van der Waals surface area contributed by atoms with Gasteiger partial charge in [0.25, 0.3) is 0 Å². The normalized spacial score (nSPS) is 20.8. The summed E-state index contributed by atoms with van der Waals surface area (Å²) >= 11 is 0. The van der Waals surface area contributed by atoms with E-state index in [9.17, 15) is 4.79 Å². The van der Waals surface area contributed by atoms with E-state index in [1.54, 1.807) is 12.1 Å². The molecule has 1 saturated heterocycles. The van der Waals surface area contributed by atoms with E-state index in [-0.39, 0.29) is 24.2 Å². The van der Waals surface area contributed by atoms with Crippen LogP contribution in [0.2, 0.25) is 0 Å². The lowest BCUT2D eigenvalue weighted by Crippen LogP contribution is -2.31. The summed E-state index contributed by atoms with van der Waals surface area (Å²) in [5.41, 5.74) is 1.07. The minimum Gasteiger partial charge on any atom is -0.508 e. The largest absolute Gasteiger partial charge is 0.508 e. The van der Waals surface area contributed by atoms with Crippen molar-refractivity contribution in [3.05, 3.63) is 29.8 Å². The standard InChI is InChI=1S/C11H13NO2.ClH/c13-9-3-1-8(2-4-9)11-7-10(14)5-6-12-11;/h1-4,11-13H,5-7H2;1H. The maximum absolute atomic E-state index is 11.2. The van der Waals surface area contributed by atoms with Crippen molar-refractivity contribution in [3.63, 3.8) is 0 Å². The summed E-state index contributed by atoms with van der Waals surface area (Å²) in [5, 5.41) is 12.4. The molecule has 0 bridgehead atoms. The first-order valence-electron chi connectivity index (χ1n) is 4.80. The summed E-state index contributed by atoms with van der Waals surface area (Å²) in [7, 11) is 0. The van der Waals surface area contributed by atoms with Gasteiger partial charge in [0, 0.05) is 25.4 Å². The number of phenolic OH excluding ortho intramolecular Hbond substituents is 1. The van der Waals surface area contributed by atoms with Gasteiger partial charge in [-0.05, 0) is 17.7 Å². The summed E-state index contributed by atoms with van der Waals surface area (Å²) in [6, 6.07) is 7.13. The highest BCUT2D eigenvalue weighted by Gasteiger charge is 2.19. The van der Waals surface area contributed by atoms with Gasteiger partial charge >= 0.3 is 0 Å². The lowest BCUT2D eigenvalue weighted by atomic mass is 9.97. The highest BCUT2D eigenvalue weighted by Crippen LogP contribution is 2.22. The first-order valence-corrected chi connectivity index (χ1v) is 4.80. The number of phenols is 1. The van der Waals surface area contributed by atoms with Crippen LogP contribution in [0.4, 0.5) is 0 Å². The number of hydrogen-bond acceptors (Lipinski definition) is 3. The molecule has 82 valence electrons. The number of aromatic hydroxyl groups is 1. The lowest BCUT2D eigenvalue weighted by Gasteiger charge is -2.22. The molecule has 1 atom stereocenters. The average Bonchev–Trinajstić information content (AvgIpc) is 2.19. The highest BCUT2D eigenvalue weighted by atomic mass is 35.5. The summed E-state index contributed by atoms with van der Waals surface area (Å²) < 4.78 is 0. The molecule has 1 aliphatic rings. The van der Waals surface area contributed by atoms with Crippen molar-refractivity contribution in [2.45, 2.75) is 18.9 Å².